The Morgan fingerprint density at radius 1 is 0.743 bits per heavy atom. The van der Waals surface area contributed by atoms with Crippen LogP contribution in [0.15, 0.2) is 0 Å². The molecule has 0 radical (unpaired) electrons. The van der Waals surface area contributed by atoms with Crippen molar-refractivity contribution in [1.29, 1.82) is 0 Å². The van der Waals surface area contributed by atoms with E-state index in [-0.39, 0.29) is 23.7 Å². The number of aliphatic hydroxyl groups is 5. The van der Waals surface area contributed by atoms with E-state index in [1.807, 2.05) is 6.92 Å². The molecule has 5 fully saturated rings. The molecular weight excluding hydrogens is 440 g/mol. The van der Waals surface area contributed by atoms with Crippen LogP contribution in [0.1, 0.15) is 99.8 Å². The first-order chi connectivity index (χ1) is 16.1. The summed E-state index contributed by atoms with van der Waals surface area (Å²) in [5.41, 5.74) is -3.78. The fourth-order valence-corrected chi connectivity index (χ4v) is 11.0. The van der Waals surface area contributed by atoms with Crippen LogP contribution >= 0.6 is 0 Å². The smallest absolute Gasteiger partial charge is 0.102 e. The van der Waals surface area contributed by atoms with Gasteiger partial charge < -0.3 is 25.5 Å². The zero-order valence-corrected chi connectivity index (χ0v) is 23.2. The van der Waals surface area contributed by atoms with Gasteiger partial charge in [-0.1, -0.05) is 48.5 Å². The standard InChI is InChI=1S/C30H52O5/c1-16(2)18(4)26(5)14-23(26)17(3)20-8-9-21-22-12-24(32)29(34)13-19(31)10-11-28(29,7)30(22,35)25(33)15-27(20,21)6/h16-25,31-35H,8-15H2,1-7H3/t17-,18+,19-,20+,21-,22-,23+,24+,25+,26+,27+,28-,29-,30-/m0/s1. The lowest BCUT2D eigenvalue weighted by Gasteiger charge is -2.70. The second-order valence-electron chi connectivity index (χ2n) is 15.1. The van der Waals surface area contributed by atoms with Gasteiger partial charge in [0, 0.05) is 11.8 Å². The maximum Gasteiger partial charge on any atom is 0.102 e. The fourth-order valence-electron chi connectivity index (χ4n) is 11.0. The van der Waals surface area contributed by atoms with Crippen LogP contribution in [-0.4, -0.2) is 55.0 Å². The molecule has 0 saturated heterocycles. The minimum atomic E-state index is -1.58. The average Bonchev–Trinajstić information content (AvgIpc) is 3.35. The normalized spacial score (nSPS) is 59.4. The van der Waals surface area contributed by atoms with Crippen molar-refractivity contribution in [3.05, 3.63) is 0 Å². The summed E-state index contributed by atoms with van der Waals surface area (Å²) in [5.74, 6) is 3.11. The van der Waals surface area contributed by atoms with E-state index in [1.54, 1.807) is 0 Å². The van der Waals surface area contributed by atoms with E-state index >= 15 is 0 Å². The first kappa shape index (κ1) is 26.4. The van der Waals surface area contributed by atoms with Gasteiger partial charge in [-0.05, 0) is 97.2 Å². The quantitative estimate of drug-likeness (QED) is 0.406. The molecule has 0 aliphatic heterocycles. The van der Waals surface area contributed by atoms with Crippen LogP contribution in [0.4, 0.5) is 0 Å². The molecule has 5 saturated carbocycles. The van der Waals surface area contributed by atoms with Crippen molar-refractivity contribution in [1.82, 2.24) is 0 Å². The van der Waals surface area contributed by atoms with E-state index in [9.17, 15) is 25.5 Å². The highest BCUT2D eigenvalue weighted by Crippen LogP contribution is 2.73. The van der Waals surface area contributed by atoms with Gasteiger partial charge in [-0.3, -0.25) is 0 Å². The first-order valence-electron chi connectivity index (χ1n) is 14.6. The Bertz CT molecular complexity index is 847. The van der Waals surface area contributed by atoms with Crippen molar-refractivity contribution in [3.8, 4) is 0 Å². The first-order valence-corrected chi connectivity index (χ1v) is 14.6. The highest BCUT2D eigenvalue weighted by atomic mass is 16.4. The zero-order chi connectivity index (χ0) is 25.9. The van der Waals surface area contributed by atoms with Crippen LogP contribution in [0, 0.1) is 57.7 Å². The van der Waals surface area contributed by atoms with Crippen molar-refractivity contribution in [2.45, 2.75) is 129 Å². The number of fused-ring (bicyclic) bond motifs is 5. The maximum absolute atomic E-state index is 12.4. The molecule has 5 heteroatoms. The molecule has 35 heavy (non-hydrogen) atoms. The fraction of sp³-hybridized carbons (Fsp3) is 1.00. The lowest BCUT2D eigenvalue weighted by molar-refractivity contribution is -0.348. The summed E-state index contributed by atoms with van der Waals surface area (Å²) in [7, 11) is 0. The molecule has 0 bridgehead atoms. The number of hydrogen-bond acceptors (Lipinski definition) is 5. The molecule has 14 atom stereocenters. The Morgan fingerprint density at radius 3 is 2.03 bits per heavy atom. The molecular formula is C30H52O5. The Hall–Kier alpha value is -0.200. The van der Waals surface area contributed by atoms with Gasteiger partial charge in [0.15, 0.2) is 0 Å². The summed E-state index contributed by atoms with van der Waals surface area (Å²) in [4.78, 5) is 0. The Balaban J connectivity index is 1.45. The molecule has 0 aromatic rings. The largest absolute Gasteiger partial charge is 0.393 e. The van der Waals surface area contributed by atoms with Crippen molar-refractivity contribution >= 4 is 0 Å². The zero-order valence-electron chi connectivity index (χ0n) is 23.2. The second-order valence-corrected chi connectivity index (χ2v) is 15.1. The van der Waals surface area contributed by atoms with Crippen molar-refractivity contribution in [2.24, 2.45) is 57.7 Å². The molecule has 0 aromatic heterocycles. The molecule has 5 nitrogen and oxygen atoms in total. The van der Waals surface area contributed by atoms with Gasteiger partial charge in [0.2, 0.25) is 0 Å². The molecule has 0 amide bonds. The maximum atomic E-state index is 12.4. The topological polar surface area (TPSA) is 101 Å². The van der Waals surface area contributed by atoms with Crippen molar-refractivity contribution in [3.63, 3.8) is 0 Å². The van der Waals surface area contributed by atoms with Gasteiger partial charge in [-0.2, -0.15) is 0 Å². The molecule has 5 aliphatic carbocycles. The second kappa shape index (κ2) is 7.91. The van der Waals surface area contributed by atoms with Crippen LogP contribution in [0.25, 0.3) is 0 Å². The highest BCUT2D eigenvalue weighted by Gasteiger charge is 2.76. The molecule has 0 unspecified atom stereocenters. The summed E-state index contributed by atoms with van der Waals surface area (Å²) in [6.45, 7) is 16.2. The van der Waals surface area contributed by atoms with Crippen LogP contribution < -0.4 is 0 Å². The predicted octanol–water partition coefficient (Wildman–Crippen LogP) is 4.13. The van der Waals surface area contributed by atoms with Crippen LogP contribution in [0.5, 0.6) is 0 Å². The molecule has 5 N–H and O–H groups in total. The van der Waals surface area contributed by atoms with E-state index in [0.29, 0.717) is 60.7 Å². The monoisotopic (exact) mass is 492 g/mol. The van der Waals surface area contributed by atoms with Gasteiger partial charge in [0.05, 0.1) is 18.3 Å². The van der Waals surface area contributed by atoms with Crippen molar-refractivity contribution in [2.75, 3.05) is 0 Å². The van der Waals surface area contributed by atoms with Gasteiger partial charge in [0.25, 0.3) is 0 Å². The number of rotatable bonds is 4. The number of aliphatic hydroxyl groups excluding tert-OH is 3. The lowest BCUT2D eigenvalue weighted by atomic mass is 9.39. The van der Waals surface area contributed by atoms with Gasteiger partial charge >= 0.3 is 0 Å². The third kappa shape index (κ3) is 3.17. The number of hydrogen-bond donors (Lipinski definition) is 5. The van der Waals surface area contributed by atoms with Gasteiger partial charge in [-0.15, -0.1) is 0 Å². The Labute approximate surface area is 212 Å². The minimum absolute atomic E-state index is 0.0578. The van der Waals surface area contributed by atoms with E-state index in [4.69, 9.17) is 0 Å². The highest BCUT2D eigenvalue weighted by molar-refractivity contribution is 5.26. The van der Waals surface area contributed by atoms with E-state index in [1.165, 1.54) is 6.42 Å². The lowest BCUT2D eigenvalue weighted by Crippen LogP contribution is -2.79. The van der Waals surface area contributed by atoms with E-state index < -0.39 is 34.9 Å². The minimum Gasteiger partial charge on any atom is -0.393 e. The SMILES string of the molecule is CC(C)[C@@H](C)[C@@]1(C)C[C@@H]1[C@@H](C)[C@H]1CC[C@H]2[C@@H]3C[C@@H](O)[C@@]4(O)C[C@@H](O)CC[C@]4(C)[C@@]3(O)[C@H](O)C[C@]12C. The predicted molar refractivity (Wildman–Crippen MR) is 136 cm³/mol. The van der Waals surface area contributed by atoms with Gasteiger partial charge in [-0.25, -0.2) is 0 Å². The van der Waals surface area contributed by atoms with Crippen LogP contribution in [0.3, 0.4) is 0 Å². The summed E-state index contributed by atoms with van der Waals surface area (Å²) >= 11 is 0. The van der Waals surface area contributed by atoms with E-state index in [0.717, 1.165) is 12.8 Å². The molecule has 5 aliphatic rings. The molecule has 0 spiro atoms. The Kier molecular flexibility index (Phi) is 5.97. The van der Waals surface area contributed by atoms with Crippen LogP contribution in [0.2, 0.25) is 0 Å². The molecule has 0 aromatic carbocycles. The van der Waals surface area contributed by atoms with Gasteiger partial charge in [0.1, 0.15) is 11.2 Å². The third-order valence-corrected chi connectivity index (χ3v) is 13.7. The van der Waals surface area contributed by atoms with E-state index in [2.05, 4.69) is 41.5 Å². The molecule has 0 heterocycles. The molecule has 202 valence electrons. The molecule has 5 rings (SSSR count). The van der Waals surface area contributed by atoms with Crippen LogP contribution in [-0.2, 0) is 0 Å². The Morgan fingerprint density at radius 2 is 1.40 bits per heavy atom. The average molecular weight is 493 g/mol. The summed E-state index contributed by atoms with van der Waals surface area (Å²) in [5, 5.41) is 57.5. The van der Waals surface area contributed by atoms with Crippen molar-refractivity contribution < 1.29 is 25.5 Å². The summed E-state index contributed by atoms with van der Waals surface area (Å²) in [6.07, 6.45) is 2.55. The third-order valence-electron chi connectivity index (χ3n) is 13.7. The summed E-state index contributed by atoms with van der Waals surface area (Å²) < 4.78 is 0. The summed E-state index contributed by atoms with van der Waals surface area (Å²) in [6, 6.07) is 0.